The summed E-state index contributed by atoms with van der Waals surface area (Å²) in [4.78, 5) is 15.4. The van der Waals surface area contributed by atoms with E-state index in [4.69, 9.17) is 5.26 Å². The van der Waals surface area contributed by atoms with Gasteiger partial charge < -0.3 is 10.2 Å². The van der Waals surface area contributed by atoms with Crippen molar-refractivity contribution < 1.29 is 4.79 Å². The molecule has 4 saturated carbocycles. The fourth-order valence-corrected chi connectivity index (χ4v) is 6.38. The monoisotopic (exact) mass is 365 g/mol. The molecule has 144 valence electrons. The second-order valence-electron chi connectivity index (χ2n) is 9.11. The van der Waals surface area contributed by atoms with Crippen LogP contribution in [0, 0.1) is 29.1 Å². The van der Waals surface area contributed by atoms with Crippen molar-refractivity contribution in [3.8, 4) is 6.07 Å². The van der Waals surface area contributed by atoms with Gasteiger partial charge in [0.25, 0.3) is 0 Å². The van der Waals surface area contributed by atoms with Gasteiger partial charge in [0.1, 0.15) is 0 Å². The van der Waals surface area contributed by atoms with Crippen molar-refractivity contribution in [2.45, 2.75) is 63.5 Å². The van der Waals surface area contributed by atoms with Crippen molar-refractivity contribution >= 4 is 5.91 Å². The fraction of sp³-hybridized carbons (Fsp3) is 0.652. The third-order valence-corrected chi connectivity index (χ3v) is 7.19. The summed E-state index contributed by atoms with van der Waals surface area (Å²) in [5, 5.41) is 12.6. The first-order valence-corrected chi connectivity index (χ1v) is 10.6. The van der Waals surface area contributed by atoms with Crippen LogP contribution in [0.2, 0.25) is 0 Å². The van der Waals surface area contributed by atoms with Crippen LogP contribution in [0.4, 0.5) is 0 Å². The minimum absolute atomic E-state index is 0.0281. The summed E-state index contributed by atoms with van der Waals surface area (Å²) in [5.74, 6) is 2.56. The Hall–Kier alpha value is -1.86. The molecule has 0 aromatic heterocycles. The molecule has 27 heavy (non-hydrogen) atoms. The van der Waals surface area contributed by atoms with Gasteiger partial charge in [-0.25, -0.2) is 0 Å². The maximum absolute atomic E-state index is 13.3. The molecule has 0 unspecified atom stereocenters. The Labute approximate surface area is 162 Å². The number of rotatable bonds is 7. The van der Waals surface area contributed by atoms with E-state index in [0.717, 1.165) is 37.0 Å². The van der Waals surface area contributed by atoms with Gasteiger partial charge in [0.15, 0.2) is 0 Å². The van der Waals surface area contributed by atoms with E-state index in [2.05, 4.69) is 35.3 Å². The van der Waals surface area contributed by atoms with E-state index >= 15 is 0 Å². The normalized spacial score (nSPS) is 32.1. The van der Waals surface area contributed by atoms with Crippen LogP contribution < -0.4 is 5.32 Å². The molecule has 1 amide bonds. The first-order valence-electron chi connectivity index (χ1n) is 10.6. The van der Waals surface area contributed by atoms with Crippen LogP contribution in [0.15, 0.2) is 30.3 Å². The van der Waals surface area contributed by atoms with Crippen molar-refractivity contribution in [3.63, 3.8) is 0 Å². The number of benzene rings is 1. The minimum Gasteiger partial charge on any atom is -0.335 e. The van der Waals surface area contributed by atoms with Crippen molar-refractivity contribution in [1.29, 1.82) is 5.26 Å². The summed E-state index contributed by atoms with van der Waals surface area (Å²) in [6, 6.07) is 12.7. The predicted octanol–water partition coefficient (Wildman–Crippen LogP) is 4.05. The molecular weight excluding hydrogens is 334 g/mol. The summed E-state index contributed by atoms with van der Waals surface area (Å²) in [5.41, 5.74) is 1.23. The second-order valence-corrected chi connectivity index (χ2v) is 9.11. The molecule has 5 rings (SSSR count). The molecule has 1 aromatic rings. The Kier molecular flexibility index (Phi) is 5.23. The molecule has 4 fully saturated rings. The van der Waals surface area contributed by atoms with E-state index in [1.165, 1.54) is 24.8 Å². The maximum atomic E-state index is 13.3. The fourth-order valence-electron chi connectivity index (χ4n) is 6.38. The molecular formula is C23H31N3O. The van der Waals surface area contributed by atoms with Crippen molar-refractivity contribution in [3.05, 3.63) is 35.9 Å². The summed E-state index contributed by atoms with van der Waals surface area (Å²) in [6.45, 7) is 3.04. The van der Waals surface area contributed by atoms with Gasteiger partial charge in [0.05, 0.1) is 19.0 Å². The van der Waals surface area contributed by atoms with Crippen molar-refractivity contribution in [2.24, 2.45) is 17.8 Å². The average Bonchev–Trinajstić information content (AvgIpc) is 2.66. The highest BCUT2D eigenvalue weighted by atomic mass is 16.2. The topological polar surface area (TPSA) is 56.1 Å². The van der Waals surface area contributed by atoms with Gasteiger partial charge in [-0.2, -0.15) is 5.26 Å². The Balaban J connectivity index is 1.45. The SMILES string of the molecule is C[C@H](NCC(=O)N(CCC#N)C12CC3CC(CC(C3)C1)C2)c1ccccc1. The van der Waals surface area contributed by atoms with E-state index in [1.807, 2.05) is 18.2 Å². The van der Waals surface area contributed by atoms with E-state index in [9.17, 15) is 4.79 Å². The Bertz CT molecular complexity index is 673. The molecule has 4 aliphatic carbocycles. The van der Waals surface area contributed by atoms with Crippen molar-refractivity contribution in [1.82, 2.24) is 10.2 Å². The highest BCUT2D eigenvalue weighted by Crippen LogP contribution is 2.57. The Morgan fingerprint density at radius 1 is 1.19 bits per heavy atom. The van der Waals surface area contributed by atoms with E-state index in [0.29, 0.717) is 19.5 Å². The number of carbonyl (C=O) groups excluding carboxylic acids is 1. The van der Waals surface area contributed by atoms with E-state index < -0.39 is 0 Å². The molecule has 0 heterocycles. The van der Waals surface area contributed by atoms with Crippen LogP contribution in [0.5, 0.6) is 0 Å². The zero-order chi connectivity index (χ0) is 18.9. The third kappa shape index (κ3) is 3.75. The molecule has 4 aliphatic rings. The Morgan fingerprint density at radius 3 is 2.33 bits per heavy atom. The number of hydrogen-bond donors (Lipinski definition) is 1. The molecule has 0 saturated heterocycles. The van der Waals surface area contributed by atoms with Crippen LogP contribution in [-0.4, -0.2) is 29.4 Å². The minimum atomic E-state index is 0.0281. The van der Waals surface area contributed by atoms with Gasteiger partial charge in [-0.3, -0.25) is 4.79 Å². The van der Waals surface area contributed by atoms with Gasteiger partial charge in [-0.05, 0) is 68.8 Å². The van der Waals surface area contributed by atoms with Gasteiger partial charge >= 0.3 is 0 Å². The summed E-state index contributed by atoms with van der Waals surface area (Å²) >= 11 is 0. The number of nitrogens with one attached hydrogen (secondary N) is 1. The van der Waals surface area contributed by atoms with Crippen LogP contribution in [0.25, 0.3) is 0 Å². The average molecular weight is 366 g/mol. The molecule has 0 aliphatic heterocycles. The molecule has 1 aromatic carbocycles. The second kappa shape index (κ2) is 7.64. The number of nitrogens with zero attached hydrogens (tertiary/aromatic N) is 2. The highest BCUT2D eigenvalue weighted by Gasteiger charge is 2.54. The first kappa shape index (κ1) is 18.5. The number of amides is 1. The first-order chi connectivity index (χ1) is 13.1. The molecule has 0 radical (unpaired) electrons. The molecule has 1 N–H and O–H groups in total. The van der Waals surface area contributed by atoms with Crippen LogP contribution in [0.3, 0.4) is 0 Å². The predicted molar refractivity (Wildman–Crippen MR) is 106 cm³/mol. The zero-order valence-electron chi connectivity index (χ0n) is 16.4. The van der Waals surface area contributed by atoms with Gasteiger partial charge in [0.2, 0.25) is 5.91 Å². The van der Waals surface area contributed by atoms with Crippen LogP contribution >= 0.6 is 0 Å². The van der Waals surface area contributed by atoms with Crippen molar-refractivity contribution in [2.75, 3.05) is 13.1 Å². The lowest BCUT2D eigenvalue weighted by Gasteiger charge is -2.60. The molecule has 4 bridgehead atoms. The zero-order valence-corrected chi connectivity index (χ0v) is 16.4. The maximum Gasteiger partial charge on any atom is 0.237 e. The number of nitriles is 1. The Morgan fingerprint density at radius 2 is 1.78 bits per heavy atom. The summed E-state index contributed by atoms with van der Waals surface area (Å²) in [7, 11) is 0. The van der Waals surface area contributed by atoms with Crippen LogP contribution in [-0.2, 0) is 4.79 Å². The smallest absolute Gasteiger partial charge is 0.237 e. The largest absolute Gasteiger partial charge is 0.335 e. The lowest BCUT2D eigenvalue weighted by atomic mass is 9.52. The highest BCUT2D eigenvalue weighted by molar-refractivity contribution is 5.79. The quantitative estimate of drug-likeness (QED) is 0.793. The lowest BCUT2D eigenvalue weighted by molar-refractivity contribution is -0.149. The molecule has 1 atom stereocenters. The third-order valence-electron chi connectivity index (χ3n) is 7.19. The molecule has 4 heteroatoms. The summed E-state index contributed by atoms with van der Waals surface area (Å²) < 4.78 is 0. The lowest BCUT2D eigenvalue weighted by Crippen LogP contribution is -2.62. The molecule has 4 nitrogen and oxygen atoms in total. The summed E-state index contributed by atoms with van der Waals surface area (Å²) in [6.07, 6.45) is 8.00. The van der Waals surface area contributed by atoms with E-state index in [1.54, 1.807) is 0 Å². The van der Waals surface area contributed by atoms with E-state index in [-0.39, 0.29) is 17.5 Å². The van der Waals surface area contributed by atoms with Crippen LogP contribution in [0.1, 0.15) is 63.5 Å². The van der Waals surface area contributed by atoms with Gasteiger partial charge in [-0.1, -0.05) is 30.3 Å². The number of carbonyl (C=O) groups is 1. The standard InChI is InChI=1S/C23H31N3O/c1-17(21-6-3-2-4-7-21)25-16-22(27)26(9-5-8-24)23-13-18-10-19(14-23)12-20(11-18)15-23/h2-4,6-7,17-20,25H,5,9-16H2,1H3/t17-,18?,19?,20?,23?/m0/s1. The molecule has 0 spiro atoms. The van der Waals surface area contributed by atoms with Gasteiger partial charge in [-0.15, -0.1) is 0 Å². The number of hydrogen-bond acceptors (Lipinski definition) is 3. The van der Waals surface area contributed by atoms with Gasteiger partial charge in [0, 0.05) is 18.1 Å².